The number of nitrogens with two attached hydrogens (primary N) is 1. The van der Waals surface area contributed by atoms with E-state index in [-0.39, 0.29) is 11.7 Å². The first-order valence-corrected chi connectivity index (χ1v) is 6.87. The maximum atomic E-state index is 13.8. The molecule has 0 atom stereocenters. The molecule has 0 aliphatic heterocycles. The van der Waals surface area contributed by atoms with Gasteiger partial charge in [-0.05, 0) is 24.1 Å². The molecule has 2 N–H and O–H groups in total. The fourth-order valence-corrected chi connectivity index (χ4v) is 3.02. The lowest BCUT2D eigenvalue weighted by atomic mass is 10.1. The SMILES string of the molecule is CC(C)c1nc(-c2ccc(Cl)cc2F)sc1CN. The third-order valence-corrected chi connectivity index (χ3v) is 3.98. The molecule has 2 rings (SSSR count). The van der Waals surface area contributed by atoms with Crippen molar-refractivity contribution >= 4 is 22.9 Å². The topological polar surface area (TPSA) is 38.9 Å². The van der Waals surface area contributed by atoms with Crippen molar-refractivity contribution in [3.8, 4) is 10.6 Å². The van der Waals surface area contributed by atoms with Gasteiger partial charge in [-0.2, -0.15) is 0 Å². The zero-order valence-corrected chi connectivity index (χ0v) is 11.8. The number of thiazole rings is 1. The van der Waals surface area contributed by atoms with Crippen molar-refractivity contribution in [3.63, 3.8) is 0 Å². The Kier molecular flexibility index (Phi) is 4.00. The number of benzene rings is 1. The first-order chi connectivity index (χ1) is 8.52. The first kappa shape index (κ1) is 13.5. The second-order valence-electron chi connectivity index (χ2n) is 4.31. The van der Waals surface area contributed by atoms with Gasteiger partial charge in [-0.3, -0.25) is 0 Å². The molecule has 0 bridgehead atoms. The van der Waals surface area contributed by atoms with E-state index in [4.69, 9.17) is 17.3 Å². The molecule has 5 heteroatoms. The standard InChI is InChI=1S/C13H14ClFN2S/c1-7(2)12-11(6-16)18-13(17-12)9-4-3-8(14)5-10(9)15/h3-5,7H,6,16H2,1-2H3. The van der Waals surface area contributed by atoms with Crippen molar-refractivity contribution in [2.75, 3.05) is 0 Å². The molecule has 0 amide bonds. The summed E-state index contributed by atoms with van der Waals surface area (Å²) >= 11 is 7.18. The number of nitrogens with zero attached hydrogens (tertiary/aromatic N) is 1. The fraction of sp³-hybridized carbons (Fsp3) is 0.308. The fourth-order valence-electron chi connectivity index (χ4n) is 1.74. The number of halogens is 2. The highest BCUT2D eigenvalue weighted by atomic mass is 35.5. The summed E-state index contributed by atoms with van der Waals surface area (Å²) in [4.78, 5) is 5.51. The summed E-state index contributed by atoms with van der Waals surface area (Å²) in [5, 5.41) is 1.05. The van der Waals surface area contributed by atoms with E-state index in [1.54, 1.807) is 12.1 Å². The quantitative estimate of drug-likeness (QED) is 0.918. The summed E-state index contributed by atoms with van der Waals surface area (Å²) in [6.07, 6.45) is 0. The van der Waals surface area contributed by atoms with Crippen LogP contribution in [0, 0.1) is 5.82 Å². The maximum Gasteiger partial charge on any atom is 0.134 e. The van der Waals surface area contributed by atoms with Crippen LogP contribution in [0.2, 0.25) is 5.02 Å². The van der Waals surface area contributed by atoms with Gasteiger partial charge in [0.2, 0.25) is 0 Å². The van der Waals surface area contributed by atoms with E-state index in [0.29, 0.717) is 22.1 Å². The molecule has 2 aromatic rings. The molecule has 0 saturated carbocycles. The highest BCUT2D eigenvalue weighted by Gasteiger charge is 2.16. The Balaban J connectivity index is 2.51. The van der Waals surface area contributed by atoms with Crippen LogP contribution < -0.4 is 5.73 Å². The highest BCUT2D eigenvalue weighted by molar-refractivity contribution is 7.15. The van der Waals surface area contributed by atoms with Crippen LogP contribution in [0.3, 0.4) is 0 Å². The Morgan fingerprint density at radius 2 is 2.17 bits per heavy atom. The molecular weight excluding hydrogens is 271 g/mol. The van der Waals surface area contributed by atoms with Crippen molar-refractivity contribution in [3.05, 3.63) is 39.6 Å². The first-order valence-electron chi connectivity index (χ1n) is 5.68. The molecule has 0 radical (unpaired) electrons. The molecule has 96 valence electrons. The van der Waals surface area contributed by atoms with Gasteiger partial charge >= 0.3 is 0 Å². The predicted molar refractivity (Wildman–Crippen MR) is 74.5 cm³/mol. The minimum Gasteiger partial charge on any atom is -0.326 e. The average Bonchev–Trinajstić information content (AvgIpc) is 2.73. The number of hydrogen-bond donors (Lipinski definition) is 1. The van der Waals surface area contributed by atoms with Gasteiger partial charge in [0, 0.05) is 22.0 Å². The zero-order valence-electron chi connectivity index (χ0n) is 10.2. The second kappa shape index (κ2) is 5.34. The molecule has 0 saturated heterocycles. The Morgan fingerprint density at radius 3 is 2.67 bits per heavy atom. The molecule has 0 aliphatic carbocycles. The lowest BCUT2D eigenvalue weighted by molar-refractivity contribution is 0.631. The van der Waals surface area contributed by atoms with Crippen LogP contribution in [-0.4, -0.2) is 4.98 Å². The Morgan fingerprint density at radius 1 is 1.44 bits per heavy atom. The minimum atomic E-state index is -0.352. The molecule has 1 aromatic carbocycles. The average molecular weight is 285 g/mol. The smallest absolute Gasteiger partial charge is 0.134 e. The predicted octanol–water partition coefficient (Wildman–Crippen LogP) is 4.18. The van der Waals surface area contributed by atoms with Crippen molar-refractivity contribution in [2.24, 2.45) is 5.73 Å². The molecule has 0 spiro atoms. The van der Waals surface area contributed by atoms with Gasteiger partial charge in [0.15, 0.2) is 0 Å². The van der Waals surface area contributed by atoms with Gasteiger partial charge in [-0.15, -0.1) is 11.3 Å². The van der Waals surface area contributed by atoms with Crippen LogP contribution in [0.1, 0.15) is 30.3 Å². The van der Waals surface area contributed by atoms with Crippen LogP contribution in [0.15, 0.2) is 18.2 Å². The van der Waals surface area contributed by atoms with E-state index in [1.807, 2.05) is 0 Å². The van der Waals surface area contributed by atoms with Crippen LogP contribution in [0.5, 0.6) is 0 Å². The molecule has 0 fully saturated rings. The molecule has 2 nitrogen and oxygen atoms in total. The van der Waals surface area contributed by atoms with Gasteiger partial charge < -0.3 is 5.73 Å². The van der Waals surface area contributed by atoms with Crippen molar-refractivity contribution in [1.82, 2.24) is 4.98 Å². The van der Waals surface area contributed by atoms with E-state index >= 15 is 0 Å². The van der Waals surface area contributed by atoms with Crippen LogP contribution in [0.25, 0.3) is 10.6 Å². The van der Waals surface area contributed by atoms with Crippen molar-refractivity contribution in [2.45, 2.75) is 26.3 Å². The third kappa shape index (κ3) is 2.55. The molecule has 0 aliphatic rings. The lowest BCUT2D eigenvalue weighted by Crippen LogP contribution is -1.99. The third-order valence-electron chi connectivity index (χ3n) is 2.62. The second-order valence-corrected chi connectivity index (χ2v) is 5.83. The van der Waals surface area contributed by atoms with E-state index < -0.39 is 0 Å². The van der Waals surface area contributed by atoms with Gasteiger partial charge in [-0.25, -0.2) is 9.37 Å². The summed E-state index contributed by atoms with van der Waals surface area (Å²) in [6.45, 7) is 4.53. The minimum absolute atomic E-state index is 0.281. The van der Waals surface area contributed by atoms with Crippen LogP contribution in [0.4, 0.5) is 4.39 Å². The Bertz CT molecular complexity index is 566. The molecule has 1 heterocycles. The largest absolute Gasteiger partial charge is 0.326 e. The van der Waals surface area contributed by atoms with Gasteiger partial charge in [-0.1, -0.05) is 25.4 Å². The van der Waals surface area contributed by atoms with Gasteiger partial charge in [0.05, 0.1) is 5.69 Å². The number of rotatable bonds is 3. The summed E-state index contributed by atoms with van der Waals surface area (Å²) < 4.78 is 13.8. The van der Waals surface area contributed by atoms with Crippen molar-refractivity contribution < 1.29 is 4.39 Å². The van der Waals surface area contributed by atoms with Gasteiger partial charge in [0.25, 0.3) is 0 Å². The summed E-state index contributed by atoms with van der Waals surface area (Å²) in [7, 11) is 0. The molecule has 0 unspecified atom stereocenters. The molecule has 18 heavy (non-hydrogen) atoms. The van der Waals surface area contributed by atoms with Gasteiger partial charge in [0.1, 0.15) is 10.8 Å². The number of hydrogen-bond acceptors (Lipinski definition) is 3. The van der Waals surface area contributed by atoms with E-state index in [9.17, 15) is 4.39 Å². The summed E-state index contributed by atoms with van der Waals surface area (Å²) in [6, 6.07) is 4.62. The van der Waals surface area contributed by atoms with E-state index in [2.05, 4.69) is 18.8 Å². The number of aromatic nitrogens is 1. The normalized spacial score (nSPS) is 11.2. The van der Waals surface area contributed by atoms with Crippen LogP contribution in [-0.2, 0) is 6.54 Å². The molecule has 1 aromatic heterocycles. The van der Waals surface area contributed by atoms with E-state index in [0.717, 1.165) is 10.6 Å². The molecular formula is C13H14ClFN2S. The summed E-state index contributed by atoms with van der Waals surface area (Å²) in [5.41, 5.74) is 7.13. The summed E-state index contributed by atoms with van der Waals surface area (Å²) in [5.74, 6) is -0.0703. The Hall–Kier alpha value is -0.970. The zero-order chi connectivity index (χ0) is 13.3. The monoisotopic (exact) mass is 284 g/mol. The maximum absolute atomic E-state index is 13.8. The highest BCUT2D eigenvalue weighted by Crippen LogP contribution is 2.33. The van der Waals surface area contributed by atoms with E-state index in [1.165, 1.54) is 17.4 Å². The van der Waals surface area contributed by atoms with Crippen LogP contribution >= 0.6 is 22.9 Å². The van der Waals surface area contributed by atoms with Crippen molar-refractivity contribution in [1.29, 1.82) is 0 Å². The lowest BCUT2D eigenvalue weighted by Gasteiger charge is -2.02. The Labute approximate surface area is 115 Å².